The van der Waals surface area contributed by atoms with Crippen molar-refractivity contribution in [2.75, 3.05) is 19.6 Å². The highest BCUT2D eigenvalue weighted by atomic mass is 16.1. The van der Waals surface area contributed by atoms with E-state index in [2.05, 4.69) is 40.7 Å². The lowest BCUT2D eigenvalue weighted by Gasteiger charge is -2.36. The summed E-state index contributed by atoms with van der Waals surface area (Å²) < 4.78 is 0. The Kier molecular flexibility index (Phi) is 13.3. The molecule has 0 aromatic heterocycles. The van der Waals surface area contributed by atoms with E-state index in [0.717, 1.165) is 25.7 Å². The molecule has 0 bridgehead atoms. The zero-order valence-electron chi connectivity index (χ0n) is 18.8. The van der Waals surface area contributed by atoms with E-state index in [1.165, 1.54) is 0 Å². The molecule has 0 aliphatic heterocycles. The molecule has 0 heterocycles. The molecule has 0 aliphatic carbocycles. The van der Waals surface area contributed by atoms with Gasteiger partial charge in [-0.25, -0.2) is 39.1 Å². The molecule has 8 heteroatoms. The summed E-state index contributed by atoms with van der Waals surface area (Å²) in [5.74, 6) is 0.318. The second kappa shape index (κ2) is 14.5. The van der Waals surface area contributed by atoms with E-state index in [0.29, 0.717) is 19.5 Å². The van der Waals surface area contributed by atoms with Gasteiger partial charge in [0.05, 0.1) is 25.7 Å². The third kappa shape index (κ3) is 12.2. The van der Waals surface area contributed by atoms with Gasteiger partial charge in [-0.05, 0) is 54.8 Å². The highest BCUT2D eigenvalue weighted by Crippen LogP contribution is 2.38. The topological polar surface area (TPSA) is 118 Å². The normalized spacial score (nSPS) is 15.8. The summed E-state index contributed by atoms with van der Waals surface area (Å²) in [5.41, 5.74) is -0.457. The van der Waals surface area contributed by atoms with Crippen LogP contribution in [0.4, 0.5) is 0 Å². The standard InChI is InChI=1S/C22H34N4O4/c1-18(6-8-23-14-27)10-22(5,13-25-16-29)12-20(26-17-30)19(2)11-21(3,4)7-9-24-15-28/h18-20H,6-13H2,1-5H3. The van der Waals surface area contributed by atoms with E-state index in [1.54, 1.807) is 24.3 Å². The van der Waals surface area contributed by atoms with Crippen molar-refractivity contribution in [1.29, 1.82) is 0 Å². The summed E-state index contributed by atoms with van der Waals surface area (Å²) in [5, 5.41) is 0. The van der Waals surface area contributed by atoms with Crippen LogP contribution in [0, 0.1) is 22.7 Å². The van der Waals surface area contributed by atoms with Crippen molar-refractivity contribution >= 4 is 24.3 Å². The molecule has 0 rings (SSSR count). The summed E-state index contributed by atoms with van der Waals surface area (Å²) in [6.07, 6.45) is 9.95. The molecule has 0 saturated heterocycles. The Morgan fingerprint density at radius 2 is 1.37 bits per heavy atom. The maximum atomic E-state index is 11.1. The van der Waals surface area contributed by atoms with Crippen LogP contribution < -0.4 is 0 Å². The van der Waals surface area contributed by atoms with Crippen LogP contribution in [0.5, 0.6) is 0 Å². The van der Waals surface area contributed by atoms with E-state index in [4.69, 9.17) is 0 Å². The molecule has 0 aromatic carbocycles. The first-order valence-electron chi connectivity index (χ1n) is 10.3. The van der Waals surface area contributed by atoms with Gasteiger partial charge in [0.2, 0.25) is 24.3 Å². The summed E-state index contributed by atoms with van der Waals surface area (Å²) in [6, 6.07) is -0.275. The van der Waals surface area contributed by atoms with Crippen LogP contribution in [0.25, 0.3) is 0 Å². The number of isocyanates is 4. The van der Waals surface area contributed by atoms with E-state index in [1.807, 2.05) is 13.8 Å². The monoisotopic (exact) mass is 418 g/mol. The predicted octanol–water partition coefficient (Wildman–Crippen LogP) is 3.95. The highest BCUT2D eigenvalue weighted by molar-refractivity contribution is 5.34. The smallest absolute Gasteiger partial charge is 0.211 e. The average Bonchev–Trinajstić information content (AvgIpc) is 2.66. The lowest BCUT2D eigenvalue weighted by molar-refractivity contribution is 0.173. The maximum Gasteiger partial charge on any atom is 0.235 e. The molecule has 0 amide bonds. The quantitative estimate of drug-likeness (QED) is 0.278. The van der Waals surface area contributed by atoms with Crippen molar-refractivity contribution < 1.29 is 19.2 Å². The van der Waals surface area contributed by atoms with E-state index >= 15 is 0 Å². The largest absolute Gasteiger partial charge is 0.235 e. The number of aliphatic imine (C=N–C) groups is 4. The van der Waals surface area contributed by atoms with Gasteiger partial charge in [-0.15, -0.1) is 0 Å². The second-order valence-corrected chi connectivity index (χ2v) is 9.35. The number of hydrogen-bond acceptors (Lipinski definition) is 8. The lowest BCUT2D eigenvalue weighted by atomic mass is 9.71. The first-order valence-corrected chi connectivity index (χ1v) is 10.3. The zero-order chi connectivity index (χ0) is 23.0. The van der Waals surface area contributed by atoms with E-state index < -0.39 is 0 Å². The molecule has 0 radical (unpaired) electrons. The summed E-state index contributed by atoms with van der Waals surface area (Å²) in [6.45, 7) is 11.4. The fourth-order valence-corrected chi connectivity index (χ4v) is 4.17. The molecule has 4 unspecified atom stereocenters. The number of hydrogen-bond donors (Lipinski definition) is 0. The number of nitrogens with zero attached hydrogens (tertiary/aromatic N) is 4. The van der Waals surface area contributed by atoms with Gasteiger partial charge in [-0.3, -0.25) is 0 Å². The van der Waals surface area contributed by atoms with Gasteiger partial charge in [-0.2, -0.15) is 0 Å². The fraction of sp³-hybridized carbons (Fsp3) is 0.818. The molecular weight excluding hydrogens is 384 g/mol. The van der Waals surface area contributed by atoms with E-state index in [-0.39, 0.29) is 35.3 Å². The first kappa shape index (κ1) is 27.5. The van der Waals surface area contributed by atoms with Crippen molar-refractivity contribution in [2.24, 2.45) is 42.6 Å². The lowest BCUT2D eigenvalue weighted by Crippen LogP contribution is -2.33. The zero-order valence-corrected chi connectivity index (χ0v) is 18.8. The van der Waals surface area contributed by atoms with Crippen molar-refractivity contribution in [1.82, 2.24) is 0 Å². The van der Waals surface area contributed by atoms with Crippen LogP contribution in [0.15, 0.2) is 20.0 Å². The Morgan fingerprint density at radius 1 is 0.767 bits per heavy atom. The molecule has 0 fully saturated rings. The minimum absolute atomic E-state index is 0.0798. The van der Waals surface area contributed by atoms with Crippen LogP contribution in [0.2, 0.25) is 0 Å². The highest BCUT2D eigenvalue weighted by Gasteiger charge is 2.34. The molecule has 0 spiro atoms. The van der Waals surface area contributed by atoms with Gasteiger partial charge in [0.1, 0.15) is 0 Å². The third-order valence-electron chi connectivity index (χ3n) is 5.58. The van der Waals surface area contributed by atoms with Crippen molar-refractivity contribution in [2.45, 2.75) is 72.8 Å². The molecule has 166 valence electrons. The van der Waals surface area contributed by atoms with Gasteiger partial charge < -0.3 is 0 Å². The van der Waals surface area contributed by atoms with Crippen LogP contribution in [0.1, 0.15) is 66.7 Å². The molecule has 8 nitrogen and oxygen atoms in total. The van der Waals surface area contributed by atoms with Crippen LogP contribution in [-0.2, 0) is 19.2 Å². The fourth-order valence-electron chi connectivity index (χ4n) is 4.17. The predicted molar refractivity (Wildman–Crippen MR) is 114 cm³/mol. The minimum Gasteiger partial charge on any atom is -0.211 e. The summed E-state index contributed by atoms with van der Waals surface area (Å²) >= 11 is 0. The van der Waals surface area contributed by atoms with Gasteiger partial charge in [0.25, 0.3) is 0 Å². The van der Waals surface area contributed by atoms with Crippen molar-refractivity contribution in [3.63, 3.8) is 0 Å². The number of rotatable bonds is 16. The summed E-state index contributed by atoms with van der Waals surface area (Å²) in [7, 11) is 0. The van der Waals surface area contributed by atoms with Gasteiger partial charge in [0, 0.05) is 0 Å². The third-order valence-corrected chi connectivity index (χ3v) is 5.58. The molecule has 30 heavy (non-hydrogen) atoms. The SMILES string of the molecule is CC(CCN=C=O)CC(C)(CN=C=O)CC(N=C=O)C(C)CC(C)(C)CCN=C=O. The summed E-state index contributed by atoms with van der Waals surface area (Å²) in [4.78, 5) is 57.6. The molecule has 0 N–H and O–H groups in total. The molecule has 0 aromatic rings. The maximum absolute atomic E-state index is 11.1. The van der Waals surface area contributed by atoms with Crippen LogP contribution in [-0.4, -0.2) is 50.0 Å². The average molecular weight is 419 g/mol. The van der Waals surface area contributed by atoms with Crippen LogP contribution in [0.3, 0.4) is 0 Å². The molecule has 0 aliphatic rings. The Balaban J connectivity index is 5.37. The Morgan fingerprint density at radius 3 is 1.93 bits per heavy atom. The van der Waals surface area contributed by atoms with Gasteiger partial charge >= 0.3 is 0 Å². The van der Waals surface area contributed by atoms with Gasteiger partial charge in [-0.1, -0.05) is 34.6 Å². The Labute approximate surface area is 179 Å². The molecule has 0 saturated carbocycles. The Bertz CT molecular complexity index is 713. The molecule has 4 atom stereocenters. The van der Waals surface area contributed by atoms with E-state index in [9.17, 15) is 19.2 Å². The van der Waals surface area contributed by atoms with Crippen molar-refractivity contribution in [3.8, 4) is 0 Å². The van der Waals surface area contributed by atoms with Crippen LogP contribution >= 0.6 is 0 Å². The minimum atomic E-state index is -0.368. The Hall–Kier alpha value is -2.48. The van der Waals surface area contributed by atoms with Gasteiger partial charge in [0.15, 0.2) is 0 Å². The van der Waals surface area contributed by atoms with Crippen molar-refractivity contribution in [3.05, 3.63) is 0 Å². The molecular formula is C22H34N4O4. The number of carbonyl (C=O) groups excluding carboxylic acids is 4. The second-order valence-electron chi connectivity index (χ2n) is 9.35. The first-order chi connectivity index (χ1) is 14.1.